The predicted molar refractivity (Wildman–Crippen MR) is 90.3 cm³/mol. The van der Waals surface area contributed by atoms with Crippen LogP contribution in [0, 0.1) is 0 Å². The molecular formula is C17H11BrN4. The summed E-state index contributed by atoms with van der Waals surface area (Å²) in [7, 11) is 0. The Kier molecular flexibility index (Phi) is 3.20. The second-order valence-corrected chi connectivity index (χ2v) is 5.67. The van der Waals surface area contributed by atoms with Crippen molar-refractivity contribution in [3.63, 3.8) is 0 Å². The fourth-order valence-corrected chi connectivity index (χ4v) is 2.94. The van der Waals surface area contributed by atoms with Gasteiger partial charge in [0.2, 0.25) is 0 Å². The van der Waals surface area contributed by atoms with Gasteiger partial charge in [0, 0.05) is 29.7 Å². The van der Waals surface area contributed by atoms with Gasteiger partial charge in [-0.05, 0) is 33.6 Å². The molecule has 0 aliphatic rings. The minimum atomic E-state index is 0.782. The lowest BCUT2D eigenvalue weighted by atomic mass is 10.0. The summed E-state index contributed by atoms with van der Waals surface area (Å²) in [5, 5.41) is 0. The normalized spacial score (nSPS) is 11.0. The molecule has 22 heavy (non-hydrogen) atoms. The fraction of sp³-hybridized carbons (Fsp3) is 0. The van der Waals surface area contributed by atoms with E-state index >= 15 is 0 Å². The molecule has 0 saturated heterocycles. The number of nitrogens with one attached hydrogen (secondary N) is 1. The Bertz CT molecular complexity index is 947. The van der Waals surface area contributed by atoms with Gasteiger partial charge in [0.1, 0.15) is 10.1 Å². The van der Waals surface area contributed by atoms with E-state index in [1.807, 2.05) is 30.3 Å². The summed E-state index contributed by atoms with van der Waals surface area (Å²) >= 11 is 3.43. The maximum Gasteiger partial charge on any atom is 0.157 e. The van der Waals surface area contributed by atoms with Crippen LogP contribution >= 0.6 is 15.9 Å². The zero-order chi connectivity index (χ0) is 14.9. The monoisotopic (exact) mass is 350 g/mol. The van der Waals surface area contributed by atoms with Gasteiger partial charge in [0.25, 0.3) is 0 Å². The number of nitrogens with zero attached hydrogens (tertiary/aromatic N) is 3. The molecule has 0 atom stereocenters. The first-order chi connectivity index (χ1) is 10.8. The number of aromatic amines is 1. The quantitative estimate of drug-likeness (QED) is 0.543. The smallest absolute Gasteiger partial charge is 0.157 e. The summed E-state index contributed by atoms with van der Waals surface area (Å²) in [6.07, 6.45) is 5.19. The number of halogens is 1. The summed E-state index contributed by atoms with van der Waals surface area (Å²) in [6, 6.07) is 14.2. The van der Waals surface area contributed by atoms with Gasteiger partial charge >= 0.3 is 0 Å². The third kappa shape index (κ3) is 2.19. The molecule has 0 bridgehead atoms. The van der Waals surface area contributed by atoms with Gasteiger partial charge in [-0.15, -0.1) is 0 Å². The van der Waals surface area contributed by atoms with Crippen LogP contribution in [-0.4, -0.2) is 19.9 Å². The Labute approximate surface area is 135 Å². The molecule has 0 fully saturated rings. The van der Waals surface area contributed by atoms with E-state index < -0.39 is 0 Å². The third-order valence-electron chi connectivity index (χ3n) is 3.51. The van der Waals surface area contributed by atoms with Crippen LogP contribution in [0.4, 0.5) is 0 Å². The number of hydrogen-bond donors (Lipinski definition) is 1. The second-order valence-electron chi connectivity index (χ2n) is 4.86. The van der Waals surface area contributed by atoms with E-state index in [0.717, 1.165) is 38.2 Å². The third-order valence-corrected chi connectivity index (χ3v) is 3.94. The molecule has 0 radical (unpaired) electrons. The Morgan fingerprint density at radius 1 is 0.818 bits per heavy atom. The highest BCUT2D eigenvalue weighted by Crippen LogP contribution is 2.36. The summed E-state index contributed by atoms with van der Waals surface area (Å²) < 4.78 is 0.795. The molecule has 0 aliphatic heterocycles. The molecule has 0 amide bonds. The molecule has 3 aromatic heterocycles. The lowest BCUT2D eigenvalue weighted by Gasteiger charge is -2.05. The van der Waals surface area contributed by atoms with Crippen LogP contribution in [0.3, 0.4) is 0 Å². The van der Waals surface area contributed by atoms with Crippen molar-refractivity contribution in [1.29, 1.82) is 0 Å². The van der Waals surface area contributed by atoms with E-state index in [9.17, 15) is 0 Å². The SMILES string of the molecule is Brc1cc(-c2[nH]c3nccnc3c2-c2ccccc2)ccn1. The van der Waals surface area contributed by atoms with Crippen molar-refractivity contribution in [3.05, 3.63) is 65.7 Å². The number of fused-ring (bicyclic) bond motifs is 1. The molecule has 5 heteroatoms. The van der Waals surface area contributed by atoms with Crippen LogP contribution in [0.2, 0.25) is 0 Å². The number of hydrogen-bond acceptors (Lipinski definition) is 3. The second kappa shape index (κ2) is 5.35. The van der Waals surface area contributed by atoms with Crippen LogP contribution in [0.25, 0.3) is 33.5 Å². The highest BCUT2D eigenvalue weighted by Gasteiger charge is 2.16. The first-order valence-corrected chi connectivity index (χ1v) is 7.62. The van der Waals surface area contributed by atoms with Crippen LogP contribution in [-0.2, 0) is 0 Å². The summed E-state index contributed by atoms with van der Waals surface area (Å²) in [5.41, 5.74) is 5.86. The lowest BCUT2D eigenvalue weighted by Crippen LogP contribution is -1.85. The van der Waals surface area contributed by atoms with Crippen molar-refractivity contribution in [2.75, 3.05) is 0 Å². The van der Waals surface area contributed by atoms with Crippen LogP contribution < -0.4 is 0 Å². The van der Waals surface area contributed by atoms with Crippen molar-refractivity contribution in [1.82, 2.24) is 19.9 Å². The highest BCUT2D eigenvalue weighted by molar-refractivity contribution is 9.10. The molecule has 3 heterocycles. The summed E-state index contributed by atoms with van der Waals surface area (Å²) in [6.45, 7) is 0. The van der Waals surface area contributed by atoms with Gasteiger partial charge in [-0.1, -0.05) is 30.3 Å². The maximum atomic E-state index is 4.51. The molecule has 1 aromatic carbocycles. The molecule has 106 valence electrons. The van der Waals surface area contributed by atoms with E-state index in [1.54, 1.807) is 18.6 Å². The maximum absolute atomic E-state index is 4.51. The van der Waals surface area contributed by atoms with Gasteiger partial charge in [-0.25, -0.2) is 9.97 Å². The number of pyridine rings is 1. The van der Waals surface area contributed by atoms with Crippen LogP contribution in [0.5, 0.6) is 0 Å². The Morgan fingerprint density at radius 2 is 1.64 bits per heavy atom. The zero-order valence-electron chi connectivity index (χ0n) is 11.5. The van der Waals surface area contributed by atoms with Gasteiger partial charge in [-0.3, -0.25) is 4.98 Å². The number of aromatic nitrogens is 4. The fourth-order valence-electron chi connectivity index (χ4n) is 2.57. The molecule has 1 N–H and O–H groups in total. The summed E-state index contributed by atoms with van der Waals surface area (Å²) in [4.78, 5) is 16.5. The molecule has 4 aromatic rings. The molecule has 0 saturated carbocycles. The molecule has 0 unspecified atom stereocenters. The van der Waals surface area contributed by atoms with E-state index in [2.05, 4.69) is 48.0 Å². The minimum Gasteiger partial charge on any atom is -0.337 e. The topological polar surface area (TPSA) is 54.5 Å². The van der Waals surface area contributed by atoms with Gasteiger partial charge in [0.05, 0.1) is 5.69 Å². The predicted octanol–water partition coefficient (Wildman–Crippen LogP) is 4.45. The van der Waals surface area contributed by atoms with Gasteiger partial charge in [-0.2, -0.15) is 0 Å². The van der Waals surface area contributed by atoms with E-state index in [4.69, 9.17) is 0 Å². The molecule has 4 rings (SSSR count). The Morgan fingerprint density at radius 3 is 2.45 bits per heavy atom. The Hall–Kier alpha value is -2.53. The minimum absolute atomic E-state index is 0.782. The Balaban J connectivity index is 2.06. The van der Waals surface area contributed by atoms with E-state index in [0.29, 0.717) is 0 Å². The van der Waals surface area contributed by atoms with Crippen LogP contribution in [0.15, 0.2) is 65.7 Å². The standard InChI is InChI=1S/C17H11BrN4/c18-13-10-12(6-7-19-13)15-14(11-4-2-1-3-5-11)16-17(22-15)21-9-8-20-16/h1-10H,(H,21,22). The molecule has 4 nitrogen and oxygen atoms in total. The number of rotatable bonds is 2. The number of benzene rings is 1. The average molecular weight is 351 g/mol. The highest BCUT2D eigenvalue weighted by atomic mass is 79.9. The molecule has 0 aliphatic carbocycles. The first kappa shape index (κ1) is 13.2. The van der Waals surface area contributed by atoms with Gasteiger partial charge < -0.3 is 4.98 Å². The number of H-pyrrole nitrogens is 1. The summed E-state index contributed by atoms with van der Waals surface area (Å²) in [5.74, 6) is 0. The lowest BCUT2D eigenvalue weighted by molar-refractivity contribution is 1.25. The van der Waals surface area contributed by atoms with E-state index in [1.165, 1.54) is 0 Å². The molecular weight excluding hydrogens is 340 g/mol. The van der Waals surface area contributed by atoms with Crippen molar-refractivity contribution in [2.45, 2.75) is 0 Å². The van der Waals surface area contributed by atoms with E-state index in [-0.39, 0.29) is 0 Å². The zero-order valence-corrected chi connectivity index (χ0v) is 13.1. The molecule has 0 spiro atoms. The first-order valence-electron chi connectivity index (χ1n) is 6.83. The van der Waals surface area contributed by atoms with Crippen LogP contribution in [0.1, 0.15) is 0 Å². The van der Waals surface area contributed by atoms with Crippen molar-refractivity contribution >= 4 is 27.1 Å². The van der Waals surface area contributed by atoms with Gasteiger partial charge in [0.15, 0.2) is 5.65 Å². The van der Waals surface area contributed by atoms with Crippen molar-refractivity contribution < 1.29 is 0 Å². The average Bonchev–Trinajstić information content (AvgIpc) is 2.95. The largest absolute Gasteiger partial charge is 0.337 e. The van der Waals surface area contributed by atoms with Crippen molar-refractivity contribution in [2.24, 2.45) is 0 Å². The van der Waals surface area contributed by atoms with Crippen molar-refractivity contribution in [3.8, 4) is 22.4 Å².